The molecular formula is C21H25N3O5. The minimum Gasteiger partial charge on any atom is -0.493 e. The van der Waals surface area contributed by atoms with Crippen LogP contribution in [-0.4, -0.2) is 61.3 Å². The lowest BCUT2D eigenvalue weighted by atomic mass is 10.1. The summed E-state index contributed by atoms with van der Waals surface area (Å²) in [6.45, 7) is 1.20. The highest BCUT2D eigenvalue weighted by Crippen LogP contribution is 2.38. The summed E-state index contributed by atoms with van der Waals surface area (Å²) in [5.74, 6) is 1.98. The second-order valence-electron chi connectivity index (χ2n) is 6.50. The van der Waals surface area contributed by atoms with Gasteiger partial charge in [0.25, 0.3) is 0 Å². The molecule has 2 heterocycles. The largest absolute Gasteiger partial charge is 0.493 e. The van der Waals surface area contributed by atoms with Gasteiger partial charge in [-0.25, -0.2) is 4.98 Å². The molecule has 1 fully saturated rings. The Labute approximate surface area is 170 Å². The lowest BCUT2D eigenvalue weighted by Gasteiger charge is -2.31. The van der Waals surface area contributed by atoms with Gasteiger partial charge in [0.2, 0.25) is 17.5 Å². The molecule has 29 heavy (non-hydrogen) atoms. The Bertz CT molecular complexity index is 832. The summed E-state index contributed by atoms with van der Waals surface area (Å²) in [6, 6.07) is 3.59. The molecule has 1 unspecified atom stereocenters. The summed E-state index contributed by atoms with van der Waals surface area (Å²) >= 11 is 0. The number of likely N-dealkylation sites (tertiary alicyclic amines) is 1. The van der Waals surface area contributed by atoms with Crippen molar-refractivity contribution in [3.63, 3.8) is 0 Å². The zero-order valence-electron chi connectivity index (χ0n) is 16.8. The van der Waals surface area contributed by atoms with Crippen LogP contribution in [0.1, 0.15) is 18.4 Å². The first-order chi connectivity index (χ1) is 14.1. The molecule has 0 radical (unpaired) electrons. The molecule has 0 saturated carbocycles. The number of piperidine rings is 1. The van der Waals surface area contributed by atoms with Crippen molar-refractivity contribution in [2.75, 3.05) is 34.4 Å². The Hall–Kier alpha value is -3.29. The Morgan fingerprint density at radius 3 is 2.52 bits per heavy atom. The van der Waals surface area contributed by atoms with Gasteiger partial charge in [-0.3, -0.25) is 9.78 Å². The maximum Gasteiger partial charge on any atom is 0.246 e. The topological polar surface area (TPSA) is 83.0 Å². The van der Waals surface area contributed by atoms with E-state index in [1.165, 1.54) is 0 Å². The molecule has 0 N–H and O–H groups in total. The number of methoxy groups -OCH3 is 3. The monoisotopic (exact) mass is 399 g/mol. The van der Waals surface area contributed by atoms with E-state index in [9.17, 15) is 4.79 Å². The minimum atomic E-state index is -0.0982. The molecule has 1 saturated heterocycles. The van der Waals surface area contributed by atoms with Crippen LogP contribution in [-0.2, 0) is 4.79 Å². The number of carbonyl (C=O) groups excluding carboxylic acids is 1. The number of ether oxygens (including phenoxy) is 4. The molecule has 1 aliphatic rings. The van der Waals surface area contributed by atoms with Crippen molar-refractivity contribution >= 4 is 12.0 Å². The van der Waals surface area contributed by atoms with Gasteiger partial charge >= 0.3 is 0 Å². The van der Waals surface area contributed by atoms with E-state index in [4.69, 9.17) is 18.9 Å². The van der Waals surface area contributed by atoms with E-state index in [0.29, 0.717) is 36.2 Å². The molecule has 154 valence electrons. The van der Waals surface area contributed by atoms with Gasteiger partial charge in [0.15, 0.2) is 11.5 Å². The van der Waals surface area contributed by atoms with Gasteiger partial charge in [0.1, 0.15) is 6.10 Å². The van der Waals surface area contributed by atoms with Crippen LogP contribution in [0.25, 0.3) is 6.08 Å². The van der Waals surface area contributed by atoms with Crippen LogP contribution in [0.2, 0.25) is 0 Å². The van der Waals surface area contributed by atoms with Crippen molar-refractivity contribution in [1.29, 1.82) is 0 Å². The van der Waals surface area contributed by atoms with Crippen molar-refractivity contribution < 1.29 is 23.7 Å². The molecule has 1 atom stereocenters. The van der Waals surface area contributed by atoms with E-state index in [0.717, 1.165) is 18.4 Å². The Morgan fingerprint density at radius 2 is 1.90 bits per heavy atom. The number of nitrogens with zero attached hydrogens (tertiary/aromatic N) is 3. The lowest BCUT2D eigenvalue weighted by Crippen LogP contribution is -2.43. The molecule has 0 bridgehead atoms. The number of rotatable bonds is 7. The first-order valence-corrected chi connectivity index (χ1v) is 9.34. The fourth-order valence-electron chi connectivity index (χ4n) is 3.22. The molecule has 1 aromatic heterocycles. The standard InChI is InChI=1S/C21H25N3O5/c1-26-17-11-15(12-18(27-2)21(17)28-3)6-7-20(25)24-10-4-5-16(14-24)29-19-13-22-8-9-23-19/h6-9,11-13,16H,4-5,10,14H2,1-3H3/b7-6+. The van der Waals surface area contributed by atoms with Crippen LogP contribution >= 0.6 is 0 Å². The van der Waals surface area contributed by atoms with Gasteiger partial charge in [0.05, 0.1) is 34.1 Å². The number of amides is 1. The average Bonchev–Trinajstić information content (AvgIpc) is 2.77. The van der Waals surface area contributed by atoms with E-state index < -0.39 is 0 Å². The van der Waals surface area contributed by atoms with Crippen LogP contribution in [0.15, 0.2) is 36.8 Å². The quantitative estimate of drug-likeness (QED) is 0.662. The van der Waals surface area contributed by atoms with E-state index in [-0.39, 0.29) is 12.0 Å². The summed E-state index contributed by atoms with van der Waals surface area (Å²) in [5, 5.41) is 0. The molecule has 1 aromatic carbocycles. The van der Waals surface area contributed by atoms with Gasteiger partial charge in [-0.05, 0) is 36.6 Å². The summed E-state index contributed by atoms with van der Waals surface area (Å²) in [7, 11) is 4.66. The summed E-state index contributed by atoms with van der Waals surface area (Å²) < 4.78 is 21.9. The van der Waals surface area contributed by atoms with Crippen molar-refractivity contribution in [2.24, 2.45) is 0 Å². The van der Waals surface area contributed by atoms with Gasteiger partial charge < -0.3 is 23.8 Å². The van der Waals surface area contributed by atoms with E-state index in [1.807, 2.05) is 0 Å². The molecule has 0 spiro atoms. The minimum absolute atomic E-state index is 0.0776. The summed E-state index contributed by atoms with van der Waals surface area (Å²) in [6.07, 6.45) is 9.68. The van der Waals surface area contributed by atoms with Crippen molar-refractivity contribution in [3.05, 3.63) is 42.4 Å². The van der Waals surface area contributed by atoms with Crippen molar-refractivity contribution in [1.82, 2.24) is 14.9 Å². The van der Waals surface area contributed by atoms with Crippen molar-refractivity contribution in [3.8, 4) is 23.1 Å². The number of carbonyl (C=O) groups is 1. The fraction of sp³-hybridized carbons (Fsp3) is 0.381. The predicted octanol–water partition coefficient (Wildman–Crippen LogP) is 2.59. The Kier molecular flexibility index (Phi) is 6.89. The summed E-state index contributed by atoms with van der Waals surface area (Å²) in [5.41, 5.74) is 0.775. The average molecular weight is 399 g/mol. The van der Waals surface area contributed by atoms with Crippen LogP contribution in [0, 0.1) is 0 Å². The normalized spacial score (nSPS) is 16.5. The van der Waals surface area contributed by atoms with Gasteiger partial charge in [-0.15, -0.1) is 0 Å². The first kappa shape index (κ1) is 20.4. The van der Waals surface area contributed by atoms with Gasteiger partial charge in [-0.1, -0.05) is 0 Å². The first-order valence-electron chi connectivity index (χ1n) is 9.34. The van der Waals surface area contributed by atoms with Crippen molar-refractivity contribution in [2.45, 2.75) is 18.9 Å². The van der Waals surface area contributed by atoms with Crippen LogP contribution < -0.4 is 18.9 Å². The second-order valence-corrected chi connectivity index (χ2v) is 6.50. The third-order valence-corrected chi connectivity index (χ3v) is 4.62. The molecular weight excluding hydrogens is 374 g/mol. The highest BCUT2D eigenvalue weighted by molar-refractivity contribution is 5.92. The van der Waals surface area contributed by atoms with E-state index >= 15 is 0 Å². The molecule has 8 heteroatoms. The third-order valence-electron chi connectivity index (χ3n) is 4.62. The highest BCUT2D eigenvalue weighted by Gasteiger charge is 2.24. The molecule has 1 amide bonds. The van der Waals surface area contributed by atoms with Crippen LogP contribution in [0.3, 0.4) is 0 Å². The molecule has 2 aromatic rings. The number of hydrogen-bond acceptors (Lipinski definition) is 7. The number of hydrogen-bond donors (Lipinski definition) is 0. The molecule has 0 aliphatic carbocycles. The zero-order chi connectivity index (χ0) is 20.6. The van der Waals surface area contributed by atoms with Gasteiger partial charge in [-0.2, -0.15) is 0 Å². The Morgan fingerprint density at radius 1 is 1.14 bits per heavy atom. The number of benzene rings is 1. The number of aromatic nitrogens is 2. The highest BCUT2D eigenvalue weighted by atomic mass is 16.5. The molecule has 1 aliphatic heterocycles. The predicted molar refractivity (Wildman–Crippen MR) is 107 cm³/mol. The molecule has 8 nitrogen and oxygen atoms in total. The maximum absolute atomic E-state index is 12.7. The fourth-order valence-corrected chi connectivity index (χ4v) is 3.22. The SMILES string of the molecule is COc1cc(/C=C/C(=O)N2CCCC(Oc3cnccn3)C2)cc(OC)c1OC. The van der Waals surface area contributed by atoms with E-state index in [2.05, 4.69) is 9.97 Å². The van der Waals surface area contributed by atoms with Crippen LogP contribution in [0.4, 0.5) is 0 Å². The zero-order valence-corrected chi connectivity index (χ0v) is 16.8. The second kappa shape index (κ2) is 9.77. The smallest absolute Gasteiger partial charge is 0.246 e. The van der Waals surface area contributed by atoms with Crippen LogP contribution in [0.5, 0.6) is 23.1 Å². The third kappa shape index (κ3) is 5.16. The summed E-state index contributed by atoms with van der Waals surface area (Å²) in [4.78, 5) is 22.6. The molecule has 3 rings (SSSR count). The Balaban J connectivity index is 1.67. The van der Waals surface area contributed by atoms with E-state index in [1.54, 1.807) is 69.1 Å². The lowest BCUT2D eigenvalue weighted by molar-refractivity contribution is -0.128. The van der Waals surface area contributed by atoms with Gasteiger partial charge in [0, 0.05) is 25.0 Å². The maximum atomic E-state index is 12.7.